The van der Waals surface area contributed by atoms with Crippen LogP contribution in [0.1, 0.15) is 27.0 Å². The molecule has 5 rings (SSSR count). The van der Waals surface area contributed by atoms with Gasteiger partial charge in [-0.05, 0) is 42.0 Å². The molecule has 0 atom stereocenters. The van der Waals surface area contributed by atoms with E-state index in [9.17, 15) is 18.0 Å². The minimum atomic E-state index is -4.52. The van der Waals surface area contributed by atoms with Gasteiger partial charge in [0.15, 0.2) is 5.78 Å². The van der Waals surface area contributed by atoms with E-state index in [-0.39, 0.29) is 35.7 Å². The van der Waals surface area contributed by atoms with Gasteiger partial charge in [-0.2, -0.15) is 18.3 Å². The van der Waals surface area contributed by atoms with Crippen LogP contribution < -0.4 is 9.47 Å². The van der Waals surface area contributed by atoms with E-state index >= 15 is 0 Å². The molecule has 0 fully saturated rings. The van der Waals surface area contributed by atoms with Crippen molar-refractivity contribution in [3.8, 4) is 17.2 Å². The summed E-state index contributed by atoms with van der Waals surface area (Å²) in [7, 11) is 0. The van der Waals surface area contributed by atoms with Crippen LogP contribution >= 0.6 is 0 Å². The summed E-state index contributed by atoms with van der Waals surface area (Å²) in [5.41, 5.74) is 1.34. The molecule has 0 spiro atoms. The first-order chi connectivity index (χ1) is 16.9. The number of ether oxygens (including phenoxy) is 2. The number of rotatable bonds is 5. The van der Waals surface area contributed by atoms with Crippen LogP contribution in [0.15, 0.2) is 90.8 Å². The van der Waals surface area contributed by atoms with E-state index in [1.807, 2.05) is 36.5 Å². The topological polar surface area (TPSA) is 53.4 Å². The van der Waals surface area contributed by atoms with Gasteiger partial charge in [-0.25, -0.2) is 4.68 Å². The molecule has 0 aliphatic carbocycles. The van der Waals surface area contributed by atoms with Gasteiger partial charge in [-0.15, -0.1) is 0 Å². The Bertz CT molecular complexity index is 1410. The molecule has 0 N–H and O–H groups in total. The second-order valence-corrected chi connectivity index (χ2v) is 7.95. The maximum Gasteiger partial charge on any atom is 0.416 e. The maximum absolute atomic E-state index is 13.3. The summed E-state index contributed by atoms with van der Waals surface area (Å²) >= 11 is 0. The molecule has 0 radical (unpaired) electrons. The smallest absolute Gasteiger partial charge is 0.416 e. The summed E-state index contributed by atoms with van der Waals surface area (Å²) < 4.78 is 53.2. The molecule has 5 nitrogen and oxygen atoms in total. The van der Waals surface area contributed by atoms with Gasteiger partial charge in [0.05, 0.1) is 23.0 Å². The van der Waals surface area contributed by atoms with Crippen LogP contribution in [0, 0.1) is 0 Å². The van der Waals surface area contributed by atoms with Gasteiger partial charge in [-0.1, -0.05) is 36.4 Å². The number of hydrogen-bond acceptors (Lipinski definition) is 4. The van der Waals surface area contributed by atoms with Gasteiger partial charge >= 0.3 is 6.18 Å². The number of fused-ring (bicyclic) bond motifs is 1. The Kier molecular flexibility index (Phi) is 5.86. The molecule has 0 saturated carbocycles. The van der Waals surface area contributed by atoms with Crippen molar-refractivity contribution in [2.45, 2.75) is 12.8 Å². The van der Waals surface area contributed by atoms with Crippen molar-refractivity contribution < 1.29 is 27.4 Å². The number of alkyl halides is 3. The second kappa shape index (κ2) is 9.13. The van der Waals surface area contributed by atoms with Crippen molar-refractivity contribution in [1.82, 2.24) is 9.78 Å². The summed E-state index contributed by atoms with van der Waals surface area (Å²) in [5.74, 6) is 0.450. The largest absolute Gasteiger partial charge is 0.489 e. The highest BCUT2D eigenvalue weighted by Gasteiger charge is 2.33. The lowest BCUT2D eigenvalue weighted by Gasteiger charge is -2.20. The quantitative estimate of drug-likeness (QED) is 0.325. The molecular weight excluding hydrogens is 457 g/mol. The van der Waals surface area contributed by atoms with E-state index in [0.717, 1.165) is 17.3 Å². The summed E-state index contributed by atoms with van der Waals surface area (Å²) in [6.07, 6.45) is 0.293. The first kappa shape index (κ1) is 22.5. The Balaban J connectivity index is 1.30. The minimum Gasteiger partial charge on any atom is -0.489 e. The lowest BCUT2D eigenvalue weighted by Crippen LogP contribution is -2.19. The average molecular weight is 476 g/mol. The standard InChI is InChI=1S/C27H19F3N2O3/c28-27(29,30)24-9-5-4-6-19(24)12-20-17-35-25-13-22(10-11-23(25)26(20)33)34-16-18-14-31-32(15-18)21-7-2-1-3-8-21/h1-15H,16-17H2/b20-12+. The van der Waals surface area contributed by atoms with Crippen LogP contribution in [-0.4, -0.2) is 22.2 Å². The number of carbonyl (C=O) groups excluding carboxylic acids is 1. The van der Waals surface area contributed by atoms with Crippen LogP contribution in [-0.2, 0) is 12.8 Å². The molecule has 1 aliphatic heterocycles. The van der Waals surface area contributed by atoms with Crippen LogP contribution in [0.3, 0.4) is 0 Å². The zero-order chi connectivity index (χ0) is 24.4. The van der Waals surface area contributed by atoms with E-state index < -0.39 is 11.7 Å². The first-order valence-corrected chi connectivity index (χ1v) is 10.8. The Morgan fingerprint density at radius 1 is 1.03 bits per heavy atom. The number of hydrogen-bond donors (Lipinski definition) is 0. The molecule has 0 bridgehead atoms. The third kappa shape index (κ3) is 4.82. The van der Waals surface area contributed by atoms with Crippen molar-refractivity contribution in [1.29, 1.82) is 0 Å². The number of ketones is 1. The Morgan fingerprint density at radius 2 is 1.80 bits per heavy atom. The Morgan fingerprint density at radius 3 is 2.60 bits per heavy atom. The molecule has 0 saturated heterocycles. The van der Waals surface area contributed by atoms with E-state index in [2.05, 4.69) is 5.10 Å². The number of benzene rings is 3. The highest BCUT2D eigenvalue weighted by Crippen LogP contribution is 2.35. The average Bonchev–Trinajstić information content (AvgIpc) is 3.34. The van der Waals surface area contributed by atoms with Crippen molar-refractivity contribution in [2.75, 3.05) is 6.61 Å². The Hall–Kier alpha value is -4.33. The highest BCUT2D eigenvalue weighted by molar-refractivity contribution is 6.14. The molecule has 176 valence electrons. The maximum atomic E-state index is 13.3. The van der Waals surface area contributed by atoms with E-state index in [4.69, 9.17) is 9.47 Å². The molecule has 0 amide bonds. The van der Waals surface area contributed by atoms with Gasteiger partial charge in [0, 0.05) is 23.4 Å². The van der Waals surface area contributed by atoms with E-state index in [1.54, 1.807) is 29.1 Å². The number of aromatic nitrogens is 2. The van der Waals surface area contributed by atoms with Crippen molar-refractivity contribution >= 4 is 11.9 Å². The minimum absolute atomic E-state index is 0.0774. The lowest BCUT2D eigenvalue weighted by molar-refractivity contribution is -0.137. The highest BCUT2D eigenvalue weighted by atomic mass is 19.4. The normalized spacial score (nSPS) is 14.5. The predicted molar refractivity (Wildman–Crippen MR) is 124 cm³/mol. The van der Waals surface area contributed by atoms with Gasteiger partial charge < -0.3 is 9.47 Å². The molecule has 0 unspecified atom stereocenters. The molecule has 1 aliphatic rings. The second-order valence-electron chi connectivity index (χ2n) is 7.95. The van der Waals surface area contributed by atoms with Gasteiger partial charge in [0.25, 0.3) is 0 Å². The van der Waals surface area contributed by atoms with Crippen LogP contribution in [0.4, 0.5) is 13.2 Å². The van der Waals surface area contributed by atoms with Crippen LogP contribution in [0.5, 0.6) is 11.5 Å². The van der Waals surface area contributed by atoms with Gasteiger partial charge in [0.2, 0.25) is 0 Å². The zero-order valence-corrected chi connectivity index (χ0v) is 18.3. The summed E-state index contributed by atoms with van der Waals surface area (Å²) in [6.45, 7) is 0.129. The molecule has 3 aromatic carbocycles. The fourth-order valence-corrected chi connectivity index (χ4v) is 3.79. The predicted octanol–water partition coefficient (Wildman–Crippen LogP) is 6.13. The summed E-state index contributed by atoms with van der Waals surface area (Å²) in [6, 6.07) is 19.6. The molecule has 4 aromatic rings. The molecule has 35 heavy (non-hydrogen) atoms. The van der Waals surface area contributed by atoms with Crippen molar-refractivity contribution in [3.63, 3.8) is 0 Å². The van der Waals surface area contributed by atoms with E-state index in [0.29, 0.717) is 11.5 Å². The van der Waals surface area contributed by atoms with Crippen molar-refractivity contribution in [3.05, 3.63) is 113 Å². The fourth-order valence-electron chi connectivity index (χ4n) is 3.79. The molecule has 8 heteroatoms. The van der Waals surface area contributed by atoms with Crippen molar-refractivity contribution in [2.24, 2.45) is 0 Å². The number of para-hydroxylation sites is 1. The fraction of sp³-hybridized carbons (Fsp3) is 0.111. The number of Topliss-reactive ketones (excluding diaryl/α,β-unsaturated/α-hetero) is 1. The number of halogens is 3. The zero-order valence-electron chi connectivity index (χ0n) is 18.3. The van der Waals surface area contributed by atoms with Crippen LogP contribution in [0.25, 0.3) is 11.8 Å². The summed E-state index contributed by atoms with van der Waals surface area (Å²) in [5, 5.41) is 4.33. The van der Waals surface area contributed by atoms with Gasteiger partial charge in [0.1, 0.15) is 24.7 Å². The number of carbonyl (C=O) groups is 1. The molecule has 2 heterocycles. The first-order valence-electron chi connectivity index (χ1n) is 10.8. The number of nitrogens with zero attached hydrogens (tertiary/aromatic N) is 2. The molecular formula is C27H19F3N2O3. The van der Waals surface area contributed by atoms with E-state index in [1.165, 1.54) is 24.3 Å². The third-order valence-corrected chi connectivity index (χ3v) is 5.53. The van der Waals surface area contributed by atoms with Crippen LogP contribution in [0.2, 0.25) is 0 Å². The summed E-state index contributed by atoms with van der Waals surface area (Å²) in [4.78, 5) is 12.9. The van der Waals surface area contributed by atoms with Gasteiger partial charge in [-0.3, -0.25) is 4.79 Å². The lowest BCUT2D eigenvalue weighted by atomic mass is 9.96. The SMILES string of the molecule is O=C1/C(=C/c2ccccc2C(F)(F)F)COc2cc(OCc3cnn(-c4ccccc4)c3)ccc21. The molecule has 1 aromatic heterocycles. The monoisotopic (exact) mass is 476 g/mol. The third-order valence-electron chi connectivity index (χ3n) is 5.53. The Labute approximate surface area is 199 Å².